The van der Waals surface area contributed by atoms with Crippen molar-refractivity contribution in [2.45, 2.75) is 37.8 Å². The van der Waals surface area contributed by atoms with Crippen LogP contribution in [0.5, 0.6) is 5.88 Å². The Morgan fingerprint density at radius 2 is 2.17 bits per heavy atom. The monoisotopic (exact) mass is 498 g/mol. The number of amides is 2. The van der Waals surface area contributed by atoms with Gasteiger partial charge in [0.05, 0.1) is 36.3 Å². The van der Waals surface area contributed by atoms with E-state index in [0.29, 0.717) is 35.8 Å². The van der Waals surface area contributed by atoms with E-state index in [1.807, 2.05) is 4.90 Å². The maximum Gasteiger partial charge on any atom is 0.274 e. The lowest BCUT2D eigenvalue weighted by Crippen LogP contribution is -2.50. The Bertz CT molecular complexity index is 1280. The molecule has 1 saturated heterocycles. The van der Waals surface area contributed by atoms with Crippen LogP contribution in [-0.2, 0) is 11.3 Å². The van der Waals surface area contributed by atoms with E-state index in [-0.39, 0.29) is 47.0 Å². The number of methoxy groups -OCH3 is 1. The van der Waals surface area contributed by atoms with Crippen molar-refractivity contribution in [3.05, 3.63) is 58.9 Å². The lowest BCUT2D eigenvalue weighted by Gasteiger charge is -2.39. The summed E-state index contributed by atoms with van der Waals surface area (Å²) < 4.78 is 19.4. The topological polar surface area (TPSA) is 113 Å². The van der Waals surface area contributed by atoms with Crippen LogP contribution in [0.2, 0.25) is 5.02 Å². The molecule has 0 aromatic carbocycles. The van der Waals surface area contributed by atoms with E-state index >= 15 is 0 Å². The van der Waals surface area contributed by atoms with Crippen molar-refractivity contribution in [1.29, 1.82) is 0 Å². The first-order chi connectivity index (χ1) is 16.9. The fourth-order valence-electron chi connectivity index (χ4n) is 4.66. The van der Waals surface area contributed by atoms with Crippen molar-refractivity contribution in [3.63, 3.8) is 0 Å². The molecule has 1 unspecified atom stereocenters. The molecule has 1 aliphatic carbocycles. The maximum absolute atomic E-state index is 14.3. The number of rotatable bonds is 6. The third-order valence-corrected chi connectivity index (χ3v) is 7.08. The zero-order valence-electron chi connectivity index (χ0n) is 19.1. The number of aromatic nitrogens is 4. The molecular formula is C24H24ClFN6O3. The summed E-state index contributed by atoms with van der Waals surface area (Å²) in [5.41, 5.74) is 1.05. The molecule has 2 N–H and O–H groups in total. The fraction of sp³-hybridized carbons (Fsp3) is 0.375. The molecule has 182 valence electrons. The zero-order valence-corrected chi connectivity index (χ0v) is 19.8. The molecule has 2 amide bonds. The van der Waals surface area contributed by atoms with Crippen molar-refractivity contribution in [3.8, 4) is 17.1 Å². The molecule has 11 heteroatoms. The van der Waals surface area contributed by atoms with Gasteiger partial charge in [0.25, 0.3) is 5.91 Å². The van der Waals surface area contributed by atoms with Gasteiger partial charge in [-0.15, -0.1) is 0 Å². The SMILES string of the molecule is COc1cc(-c2cc(C(=O)N3CCC(C(=O)NCc4ncccc4Cl)CC34CC4)n[nH]2)c(F)cn1. The van der Waals surface area contributed by atoms with Gasteiger partial charge in [-0.05, 0) is 43.9 Å². The maximum atomic E-state index is 14.3. The number of likely N-dealkylation sites (tertiary alicyclic amines) is 1. The van der Waals surface area contributed by atoms with E-state index in [2.05, 4.69) is 25.5 Å². The number of carbonyl (C=O) groups excluding carboxylic acids is 2. The molecular weight excluding hydrogens is 475 g/mol. The minimum absolute atomic E-state index is 0.0609. The van der Waals surface area contributed by atoms with Crippen molar-refractivity contribution in [1.82, 2.24) is 30.4 Å². The number of halogens is 2. The van der Waals surface area contributed by atoms with Crippen LogP contribution in [0, 0.1) is 11.7 Å². The number of ether oxygens (including phenoxy) is 1. The molecule has 2 aliphatic rings. The number of nitrogens with one attached hydrogen (secondary N) is 2. The van der Waals surface area contributed by atoms with Crippen LogP contribution in [0.3, 0.4) is 0 Å². The summed E-state index contributed by atoms with van der Waals surface area (Å²) in [6.45, 7) is 0.706. The summed E-state index contributed by atoms with van der Waals surface area (Å²) in [5.74, 6) is -0.783. The van der Waals surface area contributed by atoms with Crippen molar-refractivity contribution in [2.75, 3.05) is 13.7 Å². The second kappa shape index (κ2) is 9.26. The number of nitrogens with zero attached hydrogens (tertiary/aromatic N) is 4. The van der Waals surface area contributed by atoms with Gasteiger partial charge in [0.2, 0.25) is 11.8 Å². The van der Waals surface area contributed by atoms with Crippen molar-refractivity contribution < 1.29 is 18.7 Å². The summed E-state index contributed by atoms with van der Waals surface area (Å²) in [7, 11) is 1.44. The zero-order chi connectivity index (χ0) is 24.6. The van der Waals surface area contributed by atoms with Gasteiger partial charge in [0.1, 0.15) is 0 Å². The molecule has 1 atom stereocenters. The lowest BCUT2D eigenvalue weighted by atomic mass is 9.88. The molecule has 4 heterocycles. The summed E-state index contributed by atoms with van der Waals surface area (Å²) in [4.78, 5) is 36.0. The van der Waals surface area contributed by atoms with E-state index in [1.54, 1.807) is 18.3 Å². The van der Waals surface area contributed by atoms with Crippen LogP contribution >= 0.6 is 11.6 Å². The summed E-state index contributed by atoms with van der Waals surface area (Å²) in [6, 6.07) is 6.46. The van der Waals surface area contributed by atoms with Gasteiger partial charge in [-0.3, -0.25) is 19.7 Å². The number of hydrogen-bond acceptors (Lipinski definition) is 6. The normalized spacial score (nSPS) is 18.4. The predicted octanol–water partition coefficient (Wildman–Crippen LogP) is 3.37. The summed E-state index contributed by atoms with van der Waals surface area (Å²) >= 11 is 6.13. The van der Waals surface area contributed by atoms with Gasteiger partial charge in [0.15, 0.2) is 11.5 Å². The second-order valence-electron chi connectivity index (χ2n) is 8.89. The van der Waals surface area contributed by atoms with Crippen LogP contribution in [0.1, 0.15) is 41.9 Å². The number of pyridine rings is 2. The minimum atomic E-state index is -0.550. The molecule has 5 rings (SSSR count). The molecule has 0 radical (unpaired) electrons. The molecule has 1 saturated carbocycles. The van der Waals surface area contributed by atoms with Gasteiger partial charge in [-0.1, -0.05) is 11.6 Å². The molecule has 2 fully saturated rings. The quantitative estimate of drug-likeness (QED) is 0.538. The number of carbonyl (C=O) groups is 2. The Balaban J connectivity index is 1.25. The molecule has 3 aromatic heterocycles. The van der Waals surface area contributed by atoms with E-state index in [9.17, 15) is 14.0 Å². The Labute approximate surface area is 206 Å². The predicted molar refractivity (Wildman–Crippen MR) is 125 cm³/mol. The van der Waals surface area contributed by atoms with Gasteiger partial charge in [0, 0.05) is 35.8 Å². The first-order valence-electron chi connectivity index (χ1n) is 11.3. The molecule has 1 spiro atoms. The van der Waals surface area contributed by atoms with E-state index in [1.165, 1.54) is 19.2 Å². The van der Waals surface area contributed by atoms with Crippen LogP contribution in [0.4, 0.5) is 4.39 Å². The summed E-state index contributed by atoms with van der Waals surface area (Å²) in [5, 5.41) is 10.3. The Morgan fingerprint density at radius 3 is 2.91 bits per heavy atom. The minimum Gasteiger partial charge on any atom is -0.481 e. The highest BCUT2D eigenvalue weighted by molar-refractivity contribution is 6.31. The number of H-pyrrole nitrogens is 1. The van der Waals surface area contributed by atoms with E-state index < -0.39 is 5.82 Å². The van der Waals surface area contributed by atoms with Crippen molar-refractivity contribution >= 4 is 23.4 Å². The Morgan fingerprint density at radius 1 is 1.34 bits per heavy atom. The van der Waals surface area contributed by atoms with Gasteiger partial charge < -0.3 is 15.0 Å². The van der Waals surface area contributed by atoms with Crippen molar-refractivity contribution in [2.24, 2.45) is 5.92 Å². The molecule has 9 nitrogen and oxygen atoms in total. The lowest BCUT2D eigenvalue weighted by molar-refractivity contribution is -0.127. The molecule has 35 heavy (non-hydrogen) atoms. The average Bonchev–Trinajstić information content (AvgIpc) is 3.44. The van der Waals surface area contributed by atoms with Gasteiger partial charge >= 0.3 is 0 Å². The second-order valence-corrected chi connectivity index (χ2v) is 9.30. The van der Waals surface area contributed by atoms with Crippen LogP contribution in [-0.4, -0.2) is 56.1 Å². The van der Waals surface area contributed by atoms with Crippen LogP contribution < -0.4 is 10.1 Å². The average molecular weight is 499 g/mol. The Hall–Kier alpha value is -3.53. The third-order valence-electron chi connectivity index (χ3n) is 6.73. The number of hydrogen-bond donors (Lipinski definition) is 2. The smallest absolute Gasteiger partial charge is 0.274 e. The van der Waals surface area contributed by atoms with Crippen LogP contribution in [0.25, 0.3) is 11.3 Å². The molecule has 1 aliphatic heterocycles. The molecule has 3 aromatic rings. The molecule has 0 bridgehead atoms. The standard InChI is InChI=1S/C24H24ClFN6O3/c1-35-21-9-15(17(26)12-28-21)18-10-19(31-30-18)23(34)32-8-4-14(11-24(32)5-6-24)22(33)29-13-20-16(25)3-2-7-27-20/h2-3,7,9-10,12,14H,4-6,8,11,13H2,1H3,(H,29,33)(H,30,31). The van der Waals surface area contributed by atoms with Gasteiger partial charge in [-0.2, -0.15) is 5.10 Å². The fourth-order valence-corrected chi connectivity index (χ4v) is 4.85. The van der Waals surface area contributed by atoms with Crippen LogP contribution in [0.15, 0.2) is 36.7 Å². The highest BCUT2D eigenvalue weighted by atomic mass is 35.5. The van der Waals surface area contributed by atoms with E-state index in [0.717, 1.165) is 19.0 Å². The van der Waals surface area contributed by atoms with Gasteiger partial charge in [-0.25, -0.2) is 9.37 Å². The number of piperidine rings is 1. The third kappa shape index (κ3) is 4.58. The Kier molecular flexibility index (Phi) is 6.14. The highest BCUT2D eigenvalue weighted by Gasteiger charge is 2.54. The van der Waals surface area contributed by atoms with E-state index in [4.69, 9.17) is 16.3 Å². The first-order valence-corrected chi connectivity index (χ1v) is 11.7. The first kappa shape index (κ1) is 23.2. The largest absolute Gasteiger partial charge is 0.481 e. The number of aromatic amines is 1. The highest BCUT2D eigenvalue weighted by Crippen LogP contribution is 2.50. The summed E-state index contributed by atoms with van der Waals surface area (Å²) in [6.07, 6.45) is 5.50.